The first kappa shape index (κ1) is 29.7. The van der Waals surface area contributed by atoms with Gasteiger partial charge in [-0.1, -0.05) is 52.0 Å². The van der Waals surface area contributed by atoms with E-state index in [0.717, 1.165) is 33.1 Å². The number of nitrogens with two attached hydrogens (primary N) is 1. The van der Waals surface area contributed by atoms with Gasteiger partial charge in [-0.05, 0) is 59.7 Å². The fourth-order valence-corrected chi connectivity index (χ4v) is 6.26. The number of nitrogens with one attached hydrogen (secondary N) is 1. The van der Waals surface area contributed by atoms with Crippen molar-refractivity contribution >= 4 is 60.4 Å². The van der Waals surface area contributed by atoms with Crippen molar-refractivity contribution in [3.8, 4) is 11.4 Å². The minimum atomic E-state index is -3.87. The number of aromatic amines is 1. The molecule has 3 heterocycles. The third-order valence-electron chi connectivity index (χ3n) is 7.00. The molecule has 2 aromatic heterocycles. The average molecular weight is 695 g/mol. The molecule has 0 saturated carbocycles. The summed E-state index contributed by atoms with van der Waals surface area (Å²) in [4.78, 5) is 33.7. The largest absolute Gasteiger partial charge is 0.497 e. The van der Waals surface area contributed by atoms with Gasteiger partial charge < -0.3 is 9.72 Å². The summed E-state index contributed by atoms with van der Waals surface area (Å²) in [6.45, 7) is 0. The number of sulfonamides is 1. The zero-order valence-electron chi connectivity index (χ0n) is 23.0. The lowest BCUT2D eigenvalue weighted by molar-refractivity contribution is -0.130. The van der Waals surface area contributed by atoms with E-state index in [9.17, 15) is 18.0 Å². The molecule has 1 unspecified atom stereocenters. The number of fused-ring (bicyclic) bond motifs is 1. The van der Waals surface area contributed by atoms with Gasteiger partial charge in [-0.2, -0.15) is 10.2 Å². The number of amides is 1. The Labute approximate surface area is 264 Å². The molecule has 5 aromatic rings. The van der Waals surface area contributed by atoms with Crippen LogP contribution in [0.3, 0.4) is 0 Å². The maximum Gasteiger partial charge on any atom is 0.262 e. The van der Waals surface area contributed by atoms with Crippen molar-refractivity contribution in [3.63, 3.8) is 0 Å². The first-order chi connectivity index (χ1) is 21.1. The maximum absolute atomic E-state index is 13.6. The molecule has 44 heavy (non-hydrogen) atoms. The van der Waals surface area contributed by atoms with Crippen molar-refractivity contribution in [2.45, 2.75) is 22.5 Å². The first-order valence-electron chi connectivity index (χ1n) is 13.1. The summed E-state index contributed by atoms with van der Waals surface area (Å²) in [5.41, 5.74) is 2.90. The van der Waals surface area contributed by atoms with Crippen molar-refractivity contribution < 1.29 is 17.9 Å². The van der Waals surface area contributed by atoms with Gasteiger partial charge >= 0.3 is 0 Å². The van der Waals surface area contributed by atoms with Gasteiger partial charge in [-0.15, -0.1) is 0 Å². The lowest BCUT2D eigenvalue weighted by atomic mass is 9.98. The minimum Gasteiger partial charge on any atom is -0.497 e. The third-order valence-corrected chi connectivity index (χ3v) is 9.32. The van der Waals surface area contributed by atoms with E-state index in [1.165, 1.54) is 40.2 Å². The normalized spacial score (nSPS) is 15.0. The van der Waals surface area contributed by atoms with Crippen LogP contribution in [-0.4, -0.2) is 57.7 Å². The zero-order chi connectivity index (χ0) is 31.0. The predicted molar refractivity (Wildman–Crippen MR) is 169 cm³/mol. The van der Waals surface area contributed by atoms with Gasteiger partial charge in [-0.25, -0.2) is 28.2 Å². The highest BCUT2D eigenvalue weighted by Crippen LogP contribution is 2.34. The smallest absolute Gasteiger partial charge is 0.262 e. The van der Waals surface area contributed by atoms with E-state index in [4.69, 9.17) is 15.0 Å². The number of benzene rings is 3. The minimum absolute atomic E-state index is 0.0462. The Morgan fingerprint density at radius 1 is 1.09 bits per heavy atom. The molecule has 12 nitrogen and oxygen atoms in total. The van der Waals surface area contributed by atoms with Crippen molar-refractivity contribution in [1.29, 1.82) is 0 Å². The van der Waals surface area contributed by atoms with Gasteiger partial charge in [0.05, 0.1) is 41.4 Å². The molecule has 0 bridgehead atoms. The second-order valence-corrected chi connectivity index (χ2v) is 13.2. The molecule has 1 aliphatic heterocycles. The van der Waals surface area contributed by atoms with Gasteiger partial charge in [0, 0.05) is 10.9 Å². The zero-order valence-corrected chi connectivity index (χ0v) is 26.3. The highest BCUT2D eigenvalue weighted by atomic mass is 79.9. The van der Waals surface area contributed by atoms with E-state index in [1.807, 2.05) is 48.5 Å². The van der Waals surface area contributed by atoms with Crippen LogP contribution in [0.15, 0.2) is 103 Å². The number of H-pyrrole nitrogens is 1. The van der Waals surface area contributed by atoms with Crippen LogP contribution in [0.4, 0.5) is 0 Å². The summed E-state index contributed by atoms with van der Waals surface area (Å²) >= 11 is 4.53. The molecular formula is C29H24BrN7O5S2. The standard InChI is InChI=1S/C29H24BrN7O5S2/c1-42-21-10-4-18(5-11-21)25-14-24(17-2-6-19(30)7-3-17)35-37(25)26(38)16-43-29-33-27-23(28(39)34-29)15-32-36(27)20-8-12-22(13-9-20)44(31,40)41/h2-13,15,25H,14,16H2,1H3,(H2,31,40,41)(H,33,34,39). The number of rotatable bonds is 8. The molecule has 0 aliphatic carbocycles. The molecule has 1 aliphatic rings. The van der Waals surface area contributed by atoms with Crippen molar-refractivity contribution in [1.82, 2.24) is 24.8 Å². The Hall–Kier alpha value is -4.31. The summed E-state index contributed by atoms with van der Waals surface area (Å²) in [5.74, 6) is 0.395. The lowest BCUT2D eigenvalue weighted by Crippen LogP contribution is -2.28. The second-order valence-electron chi connectivity index (χ2n) is 9.78. The fraction of sp³-hybridized carbons (Fsp3) is 0.138. The number of carbonyl (C=O) groups is 1. The van der Waals surface area contributed by atoms with Crippen LogP contribution in [0.1, 0.15) is 23.6 Å². The van der Waals surface area contributed by atoms with Crippen molar-refractivity contribution in [3.05, 3.63) is 105 Å². The van der Waals surface area contributed by atoms with Gasteiger partial charge in [-0.3, -0.25) is 9.59 Å². The molecule has 0 spiro atoms. The molecular weight excluding hydrogens is 670 g/mol. The summed E-state index contributed by atoms with van der Waals surface area (Å²) in [5, 5.41) is 16.1. The van der Waals surface area contributed by atoms with E-state index >= 15 is 0 Å². The van der Waals surface area contributed by atoms with Crippen molar-refractivity contribution in [2.75, 3.05) is 12.9 Å². The first-order valence-corrected chi connectivity index (χ1v) is 16.5. The maximum atomic E-state index is 13.6. The lowest BCUT2D eigenvalue weighted by Gasteiger charge is -2.22. The van der Waals surface area contributed by atoms with Crippen LogP contribution in [0.5, 0.6) is 5.75 Å². The highest BCUT2D eigenvalue weighted by Gasteiger charge is 2.33. The number of carbonyl (C=O) groups excluding carboxylic acids is 1. The molecule has 1 amide bonds. The van der Waals surface area contributed by atoms with E-state index in [0.29, 0.717) is 17.9 Å². The van der Waals surface area contributed by atoms with Gasteiger partial charge in [0.25, 0.3) is 11.5 Å². The number of aromatic nitrogens is 4. The molecule has 3 N–H and O–H groups in total. The number of hydrogen-bond donors (Lipinski definition) is 2. The molecule has 224 valence electrons. The van der Waals surface area contributed by atoms with Crippen LogP contribution >= 0.6 is 27.7 Å². The van der Waals surface area contributed by atoms with Crippen LogP contribution in [0.2, 0.25) is 0 Å². The Balaban J connectivity index is 1.26. The molecule has 1 atom stereocenters. The molecule has 6 rings (SSSR count). The number of methoxy groups -OCH3 is 1. The van der Waals surface area contributed by atoms with Crippen molar-refractivity contribution in [2.24, 2.45) is 10.2 Å². The topological polar surface area (TPSA) is 166 Å². The summed E-state index contributed by atoms with van der Waals surface area (Å²) in [6.07, 6.45) is 1.89. The Morgan fingerprint density at radius 2 is 1.80 bits per heavy atom. The van der Waals surface area contributed by atoms with Gasteiger partial charge in [0.2, 0.25) is 10.0 Å². The highest BCUT2D eigenvalue weighted by molar-refractivity contribution is 9.10. The van der Waals surface area contributed by atoms with E-state index in [2.05, 4.69) is 31.0 Å². The Bertz CT molecular complexity index is 2060. The Morgan fingerprint density at radius 3 is 2.45 bits per heavy atom. The summed E-state index contributed by atoms with van der Waals surface area (Å²) in [6, 6.07) is 20.7. The van der Waals surface area contributed by atoms with E-state index in [1.54, 1.807) is 7.11 Å². The number of hydrazone groups is 1. The monoisotopic (exact) mass is 693 g/mol. The number of hydrogen-bond acceptors (Lipinski definition) is 9. The van der Waals surface area contributed by atoms with Crippen LogP contribution in [0.25, 0.3) is 16.7 Å². The van der Waals surface area contributed by atoms with E-state index < -0.39 is 15.6 Å². The van der Waals surface area contributed by atoms with Gasteiger partial charge in [0.1, 0.15) is 11.1 Å². The third kappa shape index (κ3) is 6.04. The summed E-state index contributed by atoms with van der Waals surface area (Å²) < 4.78 is 30.9. The number of primary sulfonamides is 1. The number of ether oxygens (including phenoxy) is 1. The van der Waals surface area contributed by atoms with Crippen LogP contribution in [0, 0.1) is 0 Å². The molecule has 0 fully saturated rings. The van der Waals surface area contributed by atoms with E-state index in [-0.39, 0.29) is 38.8 Å². The molecule has 15 heteroatoms. The second kappa shape index (κ2) is 12.0. The quantitative estimate of drug-likeness (QED) is 0.182. The molecule has 0 saturated heterocycles. The molecule has 3 aromatic carbocycles. The summed E-state index contributed by atoms with van der Waals surface area (Å²) in [7, 11) is -2.27. The van der Waals surface area contributed by atoms with Crippen LogP contribution in [-0.2, 0) is 14.8 Å². The number of halogens is 1. The molecule has 0 radical (unpaired) electrons. The SMILES string of the molecule is COc1ccc(C2CC(c3ccc(Br)cc3)=NN2C(=O)CSc2nc3c(cnn3-c3ccc(S(N)(=O)=O)cc3)c(=O)[nH]2)cc1. The fourth-order valence-electron chi connectivity index (χ4n) is 4.77. The predicted octanol–water partition coefficient (Wildman–Crippen LogP) is 4.00. The number of nitrogens with zero attached hydrogens (tertiary/aromatic N) is 5. The Kier molecular flexibility index (Phi) is 8.11. The average Bonchev–Trinajstić information content (AvgIpc) is 3.66. The van der Waals surface area contributed by atoms with Gasteiger partial charge in [0.15, 0.2) is 10.8 Å². The van der Waals surface area contributed by atoms with Crippen LogP contribution < -0.4 is 15.4 Å². The number of thioether (sulfide) groups is 1.